The van der Waals surface area contributed by atoms with Crippen LogP contribution in [0.15, 0.2) is 4.42 Å². The average Bonchev–Trinajstić information content (AvgIpc) is 3.24. The van der Waals surface area contributed by atoms with Gasteiger partial charge in [-0.1, -0.05) is 26.7 Å². The molecule has 2 aliphatic rings. The molecule has 1 amide bonds. The maximum absolute atomic E-state index is 12.3. The van der Waals surface area contributed by atoms with Gasteiger partial charge in [0.05, 0.1) is 5.75 Å². The number of carbonyl (C=O) groups excluding carboxylic acids is 1. The molecule has 128 valence electrons. The van der Waals surface area contributed by atoms with Crippen molar-refractivity contribution in [2.45, 2.75) is 69.5 Å². The number of thioether (sulfide) groups is 1. The molecule has 0 spiro atoms. The van der Waals surface area contributed by atoms with Crippen LogP contribution in [0, 0.1) is 0 Å². The van der Waals surface area contributed by atoms with E-state index < -0.39 is 0 Å². The van der Waals surface area contributed by atoms with Crippen LogP contribution < -0.4 is 0 Å². The molecule has 1 aliphatic carbocycles. The highest BCUT2D eigenvalue weighted by Gasteiger charge is 2.28. The summed E-state index contributed by atoms with van der Waals surface area (Å²) in [5.41, 5.74) is 0. The molecule has 2 heterocycles. The standard InChI is InChI=1S/C17H27N3O2S/c1-12(2)16-18-19-17(22-16)13-7-9-20(10-8-13)15(21)11-23-14-5-3-4-6-14/h12-14H,3-11H2,1-2H3. The summed E-state index contributed by atoms with van der Waals surface area (Å²) >= 11 is 1.86. The third-order valence-corrected chi connectivity index (χ3v) is 6.25. The van der Waals surface area contributed by atoms with Crippen LogP contribution in [0.3, 0.4) is 0 Å². The fourth-order valence-electron chi connectivity index (χ4n) is 3.36. The molecule has 3 rings (SSSR count). The molecular weight excluding hydrogens is 310 g/mol. The zero-order valence-corrected chi connectivity index (χ0v) is 15.0. The van der Waals surface area contributed by atoms with Crippen molar-refractivity contribution >= 4 is 17.7 Å². The second-order valence-corrected chi connectivity index (χ2v) is 8.29. The van der Waals surface area contributed by atoms with Crippen LogP contribution in [0.1, 0.15) is 76.0 Å². The van der Waals surface area contributed by atoms with Crippen LogP contribution in [-0.4, -0.2) is 45.1 Å². The zero-order chi connectivity index (χ0) is 16.2. The third kappa shape index (κ3) is 4.28. The van der Waals surface area contributed by atoms with Crippen molar-refractivity contribution in [3.63, 3.8) is 0 Å². The van der Waals surface area contributed by atoms with Crippen LogP contribution in [-0.2, 0) is 4.79 Å². The summed E-state index contributed by atoms with van der Waals surface area (Å²) in [5, 5.41) is 9.03. The van der Waals surface area contributed by atoms with Gasteiger partial charge in [0.1, 0.15) is 0 Å². The summed E-state index contributed by atoms with van der Waals surface area (Å²) in [6.07, 6.45) is 7.10. The van der Waals surface area contributed by atoms with E-state index >= 15 is 0 Å². The molecule has 2 fully saturated rings. The highest BCUT2D eigenvalue weighted by Crippen LogP contribution is 2.31. The van der Waals surface area contributed by atoms with Crippen molar-refractivity contribution in [3.05, 3.63) is 11.8 Å². The summed E-state index contributed by atoms with van der Waals surface area (Å²) in [4.78, 5) is 14.4. The lowest BCUT2D eigenvalue weighted by Crippen LogP contribution is -2.39. The highest BCUT2D eigenvalue weighted by atomic mass is 32.2. The molecule has 0 unspecified atom stereocenters. The second kappa shape index (κ2) is 7.69. The first-order valence-corrected chi connectivity index (χ1v) is 9.91. The third-order valence-electron chi connectivity index (χ3n) is 4.89. The van der Waals surface area contributed by atoms with E-state index in [1.54, 1.807) is 0 Å². The number of hydrogen-bond donors (Lipinski definition) is 0. The van der Waals surface area contributed by atoms with Crippen LogP contribution in [0.5, 0.6) is 0 Å². The van der Waals surface area contributed by atoms with Crippen molar-refractivity contribution in [1.82, 2.24) is 15.1 Å². The van der Waals surface area contributed by atoms with Gasteiger partial charge in [0.2, 0.25) is 17.7 Å². The van der Waals surface area contributed by atoms with Crippen LogP contribution in [0.25, 0.3) is 0 Å². The van der Waals surface area contributed by atoms with Crippen LogP contribution in [0.4, 0.5) is 0 Å². The summed E-state index contributed by atoms with van der Waals surface area (Å²) in [6.45, 7) is 5.74. The topological polar surface area (TPSA) is 59.2 Å². The number of piperidine rings is 1. The van der Waals surface area contributed by atoms with E-state index in [4.69, 9.17) is 4.42 Å². The van der Waals surface area contributed by atoms with E-state index in [0.717, 1.165) is 31.8 Å². The maximum atomic E-state index is 12.3. The smallest absolute Gasteiger partial charge is 0.232 e. The normalized spacial score (nSPS) is 20.6. The van der Waals surface area contributed by atoms with Crippen LogP contribution >= 0.6 is 11.8 Å². The first-order valence-electron chi connectivity index (χ1n) is 8.86. The first kappa shape index (κ1) is 16.8. The number of hydrogen-bond acceptors (Lipinski definition) is 5. The molecule has 1 aromatic heterocycles. The molecule has 5 nitrogen and oxygen atoms in total. The number of amides is 1. The predicted molar refractivity (Wildman–Crippen MR) is 91.7 cm³/mol. The van der Waals surface area contributed by atoms with E-state index in [0.29, 0.717) is 28.7 Å². The van der Waals surface area contributed by atoms with Crippen molar-refractivity contribution in [2.75, 3.05) is 18.8 Å². The fourth-order valence-corrected chi connectivity index (χ4v) is 4.58. The van der Waals surface area contributed by atoms with E-state index in [1.165, 1.54) is 25.7 Å². The lowest BCUT2D eigenvalue weighted by Gasteiger charge is -2.30. The van der Waals surface area contributed by atoms with Gasteiger partial charge in [-0.3, -0.25) is 4.79 Å². The average molecular weight is 337 g/mol. The Labute approximate surface area is 142 Å². The van der Waals surface area contributed by atoms with Crippen molar-refractivity contribution < 1.29 is 9.21 Å². The van der Waals surface area contributed by atoms with Gasteiger partial charge in [-0.05, 0) is 25.7 Å². The van der Waals surface area contributed by atoms with E-state index in [9.17, 15) is 4.79 Å². The van der Waals surface area contributed by atoms with Gasteiger partial charge in [-0.2, -0.15) is 0 Å². The molecular formula is C17H27N3O2S. The number of nitrogens with zero attached hydrogens (tertiary/aromatic N) is 3. The lowest BCUT2D eigenvalue weighted by molar-refractivity contribution is -0.129. The molecule has 1 saturated carbocycles. The molecule has 6 heteroatoms. The van der Waals surface area contributed by atoms with Gasteiger partial charge in [-0.25, -0.2) is 0 Å². The molecule has 1 aliphatic heterocycles. The number of carbonyl (C=O) groups is 1. The highest BCUT2D eigenvalue weighted by molar-refractivity contribution is 8.00. The van der Waals surface area contributed by atoms with Crippen molar-refractivity contribution in [3.8, 4) is 0 Å². The molecule has 23 heavy (non-hydrogen) atoms. The number of aromatic nitrogens is 2. The van der Waals surface area contributed by atoms with E-state index in [2.05, 4.69) is 24.0 Å². The molecule has 0 aromatic carbocycles. The van der Waals surface area contributed by atoms with Gasteiger partial charge in [0.15, 0.2) is 0 Å². The van der Waals surface area contributed by atoms with Gasteiger partial charge >= 0.3 is 0 Å². The molecule has 1 saturated heterocycles. The van der Waals surface area contributed by atoms with Crippen molar-refractivity contribution in [1.29, 1.82) is 0 Å². The molecule has 1 aromatic rings. The SMILES string of the molecule is CC(C)c1nnc(C2CCN(C(=O)CSC3CCCC3)CC2)o1. The molecule has 0 radical (unpaired) electrons. The minimum atomic E-state index is 0.269. The van der Waals surface area contributed by atoms with Crippen molar-refractivity contribution in [2.24, 2.45) is 0 Å². The Morgan fingerprint density at radius 2 is 1.91 bits per heavy atom. The summed E-state index contributed by atoms with van der Waals surface area (Å²) in [7, 11) is 0. The van der Waals surface area contributed by atoms with Gasteiger partial charge in [0, 0.05) is 30.2 Å². The predicted octanol–water partition coefficient (Wildman–Crippen LogP) is 3.57. The molecule has 0 atom stereocenters. The van der Waals surface area contributed by atoms with Gasteiger partial charge in [-0.15, -0.1) is 22.0 Å². The van der Waals surface area contributed by atoms with Crippen LogP contribution in [0.2, 0.25) is 0 Å². The molecule has 0 N–H and O–H groups in total. The van der Waals surface area contributed by atoms with E-state index in [-0.39, 0.29) is 5.92 Å². The maximum Gasteiger partial charge on any atom is 0.232 e. The second-order valence-electron chi connectivity index (χ2n) is 7.01. The Hall–Kier alpha value is -1.04. The Kier molecular flexibility index (Phi) is 5.62. The quantitative estimate of drug-likeness (QED) is 0.822. The Balaban J connectivity index is 1.44. The molecule has 0 bridgehead atoms. The largest absolute Gasteiger partial charge is 0.425 e. The minimum Gasteiger partial charge on any atom is -0.425 e. The summed E-state index contributed by atoms with van der Waals surface area (Å²) in [5.74, 6) is 2.99. The monoisotopic (exact) mass is 337 g/mol. The first-order chi connectivity index (χ1) is 11.1. The summed E-state index contributed by atoms with van der Waals surface area (Å²) < 4.78 is 5.77. The summed E-state index contributed by atoms with van der Waals surface area (Å²) in [6, 6.07) is 0. The van der Waals surface area contributed by atoms with Gasteiger partial charge < -0.3 is 9.32 Å². The Bertz CT molecular complexity index is 518. The Morgan fingerprint density at radius 3 is 2.52 bits per heavy atom. The van der Waals surface area contributed by atoms with E-state index in [1.807, 2.05) is 16.7 Å². The zero-order valence-electron chi connectivity index (χ0n) is 14.2. The number of rotatable bonds is 5. The van der Waals surface area contributed by atoms with Gasteiger partial charge in [0.25, 0.3) is 0 Å². The lowest BCUT2D eigenvalue weighted by atomic mass is 9.97. The number of likely N-dealkylation sites (tertiary alicyclic amines) is 1. The minimum absolute atomic E-state index is 0.269. The Morgan fingerprint density at radius 1 is 1.22 bits per heavy atom. The fraction of sp³-hybridized carbons (Fsp3) is 0.824.